The van der Waals surface area contributed by atoms with Crippen LogP contribution < -0.4 is 10.1 Å². The van der Waals surface area contributed by atoms with E-state index in [0.717, 1.165) is 11.5 Å². The van der Waals surface area contributed by atoms with Gasteiger partial charge in [-0.05, 0) is 31.0 Å². The Hall–Kier alpha value is -1.07. The van der Waals surface area contributed by atoms with Gasteiger partial charge in [-0.2, -0.15) is 13.2 Å². The molecule has 5 nitrogen and oxygen atoms in total. The van der Waals surface area contributed by atoms with E-state index in [0.29, 0.717) is 16.5 Å². The number of methoxy groups -OCH3 is 1. The van der Waals surface area contributed by atoms with Gasteiger partial charge in [0.15, 0.2) is 5.41 Å². The van der Waals surface area contributed by atoms with Crippen LogP contribution in [0.2, 0.25) is 0 Å². The monoisotopic (exact) mass is 511 g/mol. The molecule has 0 aromatic heterocycles. The Labute approximate surface area is 182 Å². The molecule has 2 unspecified atom stereocenters. The SMILES string of the molecule is COC(=O)C12CCC3(CC1(NC(=O)C(F)(F)F)Oc1ccc(Br)cc12)SCCS3. The van der Waals surface area contributed by atoms with Crippen LogP contribution in [0.25, 0.3) is 0 Å². The first-order chi connectivity index (χ1) is 13.6. The number of alkyl halides is 3. The Bertz CT molecular complexity index is 877. The van der Waals surface area contributed by atoms with Gasteiger partial charge in [-0.1, -0.05) is 15.9 Å². The molecular formula is C18H17BrF3NO4S2. The van der Waals surface area contributed by atoms with Crippen molar-refractivity contribution >= 4 is 51.3 Å². The van der Waals surface area contributed by atoms with E-state index in [-0.39, 0.29) is 18.6 Å². The normalized spacial score (nSPS) is 29.7. The number of nitrogens with one attached hydrogen (secondary N) is 1. The fourth-order valence-corrected chi connectivity index (χ4v) is 8.22. The lowest BCUT2D eigenvalue weighted by Crippen LogP contribution is -2.71. The number of thioether (sulfide) groups is 2. The van der Waals surface area contributed by atoms with Gasteiger partial charge in [0.05, 0.1) is 11.2 Å². The minimum Gasteiger partial charge on any atom is -0.468 e. The summed E-state index contributed by atoms with van der Waals surface area (Å²) in [6, 6.07) is 4.92. The van der Waals surface area contributed by atoms with Crippen molar-refractivity contribution in [3.63, 3.8) is 0 Å². The maximum absolute atomic E-state index is 13.2. The zero-order chi connectivity index (χ0) is 21.1. The number of esters is 1. The molecule has 2 heterocycles. The van der Waals surface area contributed by atoms with Gasteiger partial charge in [0, 0.05) is 28.0 Å². The van der Waals surface area contributed by atoms with Gasteiger partial charge in [0.25, 0.3) is 0 Å². The van der Waals surface area contributed by atoms with Crippen molar-refractivity contribution in [3.8, 4) is 5.75 Å². The molecule has 4 rings (SSSR count). The van der Waals surface area contributed by atoms with E-state index in [1.54, 1.807) is 41.7 Å². The molecule has 1 aliphatic carbocycles. The van der Waals surface area contributed by atoms with E-state index in [1.165, 1.54) is 7.11 Å². The van der Waals surface area contributed by atoms with Crippen LogP contribution in [0.15, 0.2) is 22.7 Å². The zero-order valence-electron chi connectivity index (χ0n) is 15.2. The summed E-state index contributed by atoms with van der Waals surface area (Å²) in [5, 5.41) is 2.08. The molecule has 1 amide bonds. The Morgan fingerprint density at radius 1 is 1.24 bits per heavy atom. The Morgan fingerprint density at radius 2 is 1.93 bits per heavy atom. The van der Waals surface area contributed by atoms with E-state index in [2.05, 4.69) is 21.2 Å². The van der Waals surface area contributed by atoms with Crippen molar-refractivity contribution in [1.29, 1.82) is 0 Å². The van der Waals surface area contributed by atoms with Crippen LogP contribution in [0, 0.1) is 0 Å². The average Bonchev–Trinajstić information content (AvgIpc) is 3.20. The van der Waals surface area contributed by atoms with Crippen LogP contribution in [0.5, 0.6) is 5.75 Å². The number of amides is 1. The van der Waals surface area contributed by atoms with Crippen LogP contribution in [-0.4, -0.2) is 46.5 Å². The molecular weight excluding hydrogens is 495 g/mol. The number of carbonyl (C=O) groups is 2. The highest BCUT2D eigenvalue weighted by molar-refractivity contribution is 9.10. The highest BCUT2D eigenvalue weighted by Gasteiger charge is 2.72. The van der Waals surface area contributed by atoms with Gasteiger partial charge in [-0.15, -0.1) is 23.5 Å². The van der Waals surface area contributed by atoms with E-state index >= 15 is 0 Å². The average molecular weight is 512 g/mol. The smallest absolute Gasteiger partial charge is 0.468 e. The number of hydrogen-bond donors (Lipinski definition) is 1. The number of hydrogen-bond acceptors (Lipinski definition) is 6. The number of ether oxygens (including phenoxy) is 2. The third kappa shape index (κ3) is 3.15. The van der Waals surface area contributed by atoms with Crippen molar-refractivity contribution in [2.75, 3.05) is 18.6 Å². The molecule has 1 spiro atoms. The van der Waals surface area contributed by atoms with Crippen LogP contribution in [0.1, 0.15) is 24.8 Å². The van der Waals surface area contributed by atoms with E-state index in [9.17, 15) is 22.8 Å². The number of benzene rings is 1. The van der Waals surface area contributed by atoms with Crippen molar-refractivity contribution in [1.82, 2.24) is 5.32 Å². The molecule has 3 aliphatic rings. The summed E-state index contributed by atoms with van der Waals surface area (Å²) >= 11 is 6.63. The van der Waals surface area contributed by atoms with Gasteiger partial charge < -0.3 is 14.8 Å². The first kappa shape index (κ1) is 21.2. The standard InChI is InChI=1S/C18H17BrF3NO4S2/c1-26-14(25)16-5-4-15(28-6-7-29-15)9-17(16,23-13(24)18(20,21)22)27-12-3-2-10(19)8-11(12)16/h2-3,8H,4-7,9H2,1H3,(H,23,24). The zero-order valence-corrected chi connectivity index (χ0v) is 18.4. The topological polar surface area (TPSA) is 64.6 Å². The molecule has 1 saturated carbocycles. The molecule has 29 heavy (non-hydrogen) atoms. The van der Waals surface area contributed by atoms with Crippen LogP contribution in [0.4, 0.5) is 13.2 Å². The number of halogens is 4. The summed E-state index contributed by atoms with van der Waals surface area (Å²) in [5.41, 5.74) is -3.04. The second-order valence-corrected chi connectivity index (χ2v) is 11.3. The number of rotatable bonds is 2. The molecule has 1 aromatic carbocycles. The first-order valence-electron chi connectivity index (χ1n) is 8.82. The Morgan fingerprint density at radius 3 is 2.55 bits per heavy atom. The quantitative estimate of drug-likeness (QED) is 0.605. The molecule has 1 saturated heterocycles. The Balaban J connectivity index is 1.90. The number of carbonyl (C=O) groups excluding carboxylic acids is 2. The molecule has 2 fully saturated rings. The third-order valence-corrected chi connectivity index (χ3v) is 9.72. The van der Waals surface area contributed by atoms with Crippen molar-refractivity contribution in [2.24, 2.45) is 0 Å². The van der Waals surface area contributed by atoms with Gasteiger partial charge in [-0.25, -0.2) is 0 Å². The summed E-state index contributed by atoms with van der Waals surface area (Å²) in [5.74, 6) is -0.900. The minimum absolute atomic E-state index is 0.0541. The summed E-state index contributed by atoms with van der Waals surface area (Å²) in [6.45, 7) is 0. The maximum atomic E-state index is 13.2. The molecule has 0 radical (unpaired) electrons. The maximum Gasteiger partial charge on any atom is 0.471 e. The van der Waals surface area contributed by atoms with Crippen molar-refractivity contribution in [2.45, 2.75) is 40.7 Å². The summed E-state index contributed by atoms with van der Waals surface area (Å²) in [6.07, 6.45) is -4.29. The lowest BCUT2D eigenvalue weighted by molar-refractivity contribution is -0.186. The van der Waals surface area contributed by atoms with Crippen molar-refractivity contribution < 1.29 is 32.2 Å². The third-order valence-electron chi connectivity index (χ3n) is 5.69. The van der Waals surface area contributed by atoms with Gasteiger partial charge in [0.1, 0.15) is 5.75 Å². The van der Waals surface area contributed by atoms with Crippen molar-refractivity contribution in [3.05, 3.63) is 28.2 Å². The Kier molecular flexibility index (Phi) is 5.10. The summed E-state index contributed by atoms with van der Waals surface area (Å²) < 4.78 is 51.0. The fraction of sp³-hybridized carbons (Fsp3) is 0.556. The molecule has 158 valence electrons. The molecule has 2 aliphatic heterocycles. The molecule has 11 heteroatoms. The molecule has 2 atom stereocenters. The molecule has 1 N–H and O–H groups in total. The second-order valence-electron chi connectivity index (χ2n) is 7.20. The molecule has 1 aromatic rings. The molecule has 0 bridgehead atoms. The van der Waals surface area contributed by atoms with Gasteiger partial charge >= 0.3 is 18.1 Å². The first-order valence-corrected chi connectivity index (χ1v) is 11.6. The highest BCUT2D eigenvalue weighted by atomic mass is 79.9. The number of fused-ring (bicyclic) bond motifs is 3. The van der Waals surface area contributed by atoms with E-state index in [1.807, 2.05) is 0 Å². The summed E-state index contributed by atoms with van der Waals surface area (Å²) in [7, 11) is 1.19. The largest absolute Gasteiger partial charge is 0.471 e. The fourth-order valence-electron chi connectivity index (χ4n) is 4.51. The van der Waals surface area contributed by atoms with Crippen LogP contribution >= 0.6 is 39.5 Å². The lowest BCUT2D eigenvalue weighted by atomic mass is 9.64. The predicted octanol–water partition coefficient (Wildman–Crippen LogP) is 3.99. The highest BCUT2D eigenvalue weighted by Crippen LogP contribution is 2.64. The van der Waals surface area contributed by atoms with Gasteiger partial charge in [0.2, 0.25) is 5.72 Å². The second kappa shape index (κ2) is 6.98. The van der Waals surface area contributed by atoms with Crippen LogP contribution in [-0.2, 0) is 19.7 Å². The van der Waals surface area contributed by atoms with E-state index in [4.69, 9.17) is 9.47 Å². The lowest BCUT2D eigenvalue weighted by Gasteiger charge is -2.51. The predicted molar refractivity (Wildman–Crippen MR) is 107 cm³/mol. The van der Waals surface area contributed by atoms with E-state index < -0.39 is 33.3 Å². The van der Waals surface area contributed by atoms with Crippen LogP contribution in [0.3, 0.4) is 0 Å². The minimum atomic E-state index is -5.12. The van der Waals surface area contributed by atoms with Gasteiger partial charge in [-0.3, -0.25) is 9.59 Å². The summed E-state index contributed by atoms with van der Waals surface area (Å²) in [4.78, 5) is 25.2.